The standard InChI is InChI=1S/C23H28F3N5O2S/c1-5-17(33)14-10-27-22(29-20(14)23(24,25)26)31-7-6-30-16-9-18(34-4)13(11-32)8-15(16)28-21(30)19(31)12(2)3/h8-10,12,17,19,32-33H,5-7,11H2,1-4H3. The normalized spacial score (nSPS) is 17.5. The summed E-state index contributed by atoms with van der Waals surface area (Å²) in [7, 11) is 0. The van der Waals surface area contributed by atoms with E-state index in [0.29, 0.717) is 13.1 Å². The summed E-state index contributed by atoms with van der Waals surface area (Å²) in [6, 6.07) is 3.53. The third-order valence-electron chi connectivity index (χ3n) is 6.22. The molecule has 7 nitrogen and oxygen atoms in total. The van der Waals surface area contributed by atoms with Gasteiger partial charge in [0.25, 0.3) is 0 Å². The minimum Gasteiger partial charge on any atom is -0.392 e. The Labute approximate surface area is 200 Å². The molecule has 2 aromatic heterocycles. The molecule has 0 fully saturated rings. The Morgan fingerprint density at radius 1 is 1.21 bits per heavy atom. The van der Waals surface area contributed by atoms with Crippen molar-refractivity contribution in [3.8, 4) is 0 Å². The molecule has 0 bridgehead atoms. The average molecular weight is 496 g/mol. The van der Waals surface area contributed by atoms with Gasteiger partial charge < -0.3 is 19.7 Å². The van der Waals surface area contributed by atoms with Gasteiger partial charge in [0.2, 0.25) is 5.95 Å². The Bertz CT molecular complexity index is 1200. The molecule has 2 atom stereocenters. The molecule has 0 saturated carbocycles. The molecule has 11 heteroatoms. The van der Waals surface area contributed by atoms with E-state index in [1.807, 2.05) is 32.2 Å². The van der Waals surface area contributed by atoms with Crippen LogP contribution in [0.4, 0.5) is 19.1 Å². The van der Waals surface area contributed by atoms with Gasteiger partial charge in [-0.15, -0.1) is 11.8 Å². The third kappa shape index (κ3) is 4.25. The Kier molecular flexibility index (Phi) is 6.80. The first-order valence-corrected chi connectivity index (χ1v) is 12.4. The lowest BCUT2D eigenvalue weighted by atomic mass is 10.00. The zero-order valence-electron chi connectivity index (χ0n) is 19.5. The van der Waals surface area contributed by atoms with Gasteiger partial charge in [-0.05, 0) is 36.3 Å². The molecule has 0 aliphatic carbocycles. The molecule has 0 saturated heterocycles. The highest BCUT2D eigenvalue weighted by Crippen LogP contribution is 2.40. The summed E-state index contributed by atoms with van der Waals surface area (Å²) in [6.45, 7) is 6.39. The zero-order chi connectivity index (χ0) is 24.8. The fourth-order valence-corrected chi connectivity index (χ4v) is 5.18. The van der Waals surface area contributed by atoms with E-state index in [4.69, 9.17) is 4.98 Å². The maximum atomic E-state index is 13.8. The number of halogens is 3. The highest BCUT2D eigenvalue weighted by molar-refractivity contribution is 7.98. The van der Waals surface area contributed by atoms with Crippen LogP contribution in [0.2, 0.25) is 0 Å². The maximum absolute atomic E-state index is 13.8. The van der Waals surface area contributed by atoms with Crippen LogP contribution in [0.3, 0.4) is 0 Å². The van der Waals surface area contributed by atoms with Gasteiger partial charge in [-0.25, -0.2) is 15.0 Å². The Morgan fingerprint density at radius 3 is 2.53 bits per heavy atom. The number of aliphatic hydroxyl groups excluding tert-OH is 2. The van der Waals surface area contributed by atoms with Crippen LogP contribution < -0.4 is 4.90 Å². The molecule has 1 aliphatic heterocycles. The van der Waals surface area contributed by atoms with E-state index >= 15 is 0 Å². The average Bonchev–Trinajstić information content (AvgIpc) is 3.18. The largest absolute Gasteiger partial charge is 0.433 e. The summed E-state index contributed by atoms with van der Waals surface area (Å²) in [5.41, 5.74) is 1.04. The first-order valence-electron chi connectivity index (χ1n) is 11.2. The SMILES string of the molecule is CCC(O)c1cnc(N2CCn3c(nc4cc(CO)c(SC)cc43)C2C(C)C)nc1C(F)(F)F. The van der Waals surface area contributed by atoms with Crippen molar-refractivity contribution in [3.05, 3.63) is 41.0 Å². The molecule has 4 rings (SSSR count). The van der Waals surface area contributed by atoms with Crippen molar-refractivity contribution in [2.24, 2.45) is 5.92 Å². The number of hydrogen-bond acceptors (Lipinski definition) is 7. The van der Waals surface area contributed by atoms with Crippen LogP contribution in [-0.2, 0) is 19.3 Å². The second-order valence-corrected chi connectivity index (χ2v) is 9.56. The molecule has 2 N–H and O–H groups in total. The number of rotatable bonds is 6. The molecule has 2 unspecified atom stereocenters. The molecular weight excluding hydrogens is 467 g/mol. The number of nitrogens with zero attached hydrogens (tertiary/aromatic N) is 5. The molecule has 3 aromatic rings. The number of fused-ring (bicyclic) bond motifs is 3. The molecular formula is C23H28F3N5O2S. The lowest BCUT2D eigenvalue weighted by molar-refractivity contribution is -0.142. The Hall–Kier alpha value is -2.37. The molecule has 3 heterocycles. The predicted octanol–water partition coefficient (Wildman–Crippen LogP) is 4.72. The number of alkyl halides is 3. The molecule has 184 valence electrons. The quantitative estimate of drug-likeness (QED) is 0.479. The fourth-order valence-electron chi connectivity index (χ4n) is 4.57. The van der Waals surface area contributed by atoms with Gasteiger partial charge in [0.05, 0.1) is 29.8 Å². The smallest absolute Gasteiger partial charge is 0.392 e. The van der Waals surface area contributed by atoms with E-state index in [2.05, 4.69) is 14.5 Å². The molecule has 1 aromatic carbocycles. The van der Waals surface area contributed by atoms with E-state index in [1.54, 1.807) is 23.6 Å². The number of thioether (sulfide) groups is 1. The van der Waals surface area contributed by atoms with Crippen molar-refractivity contribution in [1.82, 2.24) is 19.5 Å². The van der Waals surface area contributed by atoms with Crippen molar-refractivity contribution >= 4 is 28.7 Å². The van der Waals surface area contributed by atoms with Crippen LogP contribution >= 0.6 is 11.8 Å². The van der Waals surface area contributed by atoms with Crippen LogP contribution in [0.15, 0.2) is 23.2 Å². The summed E-state index contributed by atoms with van der Waals surface area (Å²) in [5, 5.41) is 19.8. The maximum Gasteiger partial charge on any atom is 0.433 e. The number of aromatic nitrogens is 4. The van der Waals surface area contributed by atoms with Crippen LogP contribution in [0.5, 0.6) is 0 Å². The Morgan fingerprint density at radius 2 is 1.94 bits per heavy atom. The molecule has 0 radical (unpaired) electrons. The first kappa shape index (κ1) is 24.7. The van der Waals surface area contributed by atoms with Crippen molar-refractivity contribution in [1.29, 1.82) is 0 Å². The van der Waals surface area contributed by atoms with Gasteiger partial charge in [-0.1, -0.05) is 20.8 Å². The molecule has 0 amide bonds. The fraction of sp³-hybridized carbons (Fsp3) is 0.522. The predicted molar refractivity (Wildman–Crippen MR) is 125 cm³/mol. The zero-order valence-corrected chi connectivity index (χ0v) is 20.3. The topological polar surface area (TPSA) is 87.3 Å². The number of benzene rings is 1. The van der Waals surface area contributed by atoms with Gasteiger partial charge in [-0.3, -0.25) is 0 Å². The van der Waals surface area contributed by atoms with E-state index in [1.165, 1.54) is 0 Å². The van der Waals surface area contributed by atoms with Crippen LogP contribution in [0.1, 0.15) is 62.0 Å². The lowest BCUT2D eigenvalue weighted by Crippen LogP contribution is -2.42. The van der Waals surface area contributed by atoms with Crippen molar-refractivity contribution in [2.75, 3.05) is 17.7 Å². The lowest BCUT2D eigenvalue weighted by Gasteiger charge is -2.38. The van der Waals surface area contributed by atoms with Crippen LogP contribution in [0.25, 0.3) is 11.0 Å². The Balaban J connectivity index is 1.83. The second kappa shape index (κ2) is 9.35. The van der Waals surface area contributed by atoms with Crippen LogP contribution in [-0.4, -0.2) is 42.5 Å². The second-order valence-electron chi connectivity index (χ2n) is 8.71. The summed E-state index contributed by atoms with van der Waals surface area (Å²) in [6.07, 6.45) is -2.84. The van der Waals surface area contributed by atoms with Gasteiger partial charge in [0.15, 0.2) is 5.69 Å². The number of hydrogen-bond donors (Lipinski definition) is 2. The molecule has 1 aliphatic rings. The monoisotopic (exact) mass is 495 g/mol. The van der Waals surface area contributed by atoms with Gasteiger partial charge in [0.1, 0.15) is 5.82 Å². The summed E-state index contributed by atoms with van der Waals surface area (Å²) in [5.74, 6) is 0.706. The third-order valence-corrected chi connectivity index (χ3v) is 7.04. The van der Waals surface area contributed by atoms with E-state index < -0.39 is 18.0 Å². The number of aliphatic hydroxyl groups is 2. The van der Waals surface area contributed by atoms with E-state index in [-0.39, 0.29) is 36.5 Å². The number of anilines is 1. The first-order chi connectivity index (χ1) is 16.1. The minimum atomic E-state index is -4.71. The molecule has 34 heavy (non-hydrogen) atoms. The minimum absolute atomic E-state index is 0.00652. The highest BCUT2D eigenvalue weighted by Gasteiger charge is 2.40. The van der Waals surface area contributed by atoms with Crippen molar-refractivity contribution in [2.45, 2.75) is 63.6 Å². The number of imidazole rings is 1. The van der Waals surface area contributed by atoms with Gasteiger partial charge in [0, 0.05) is 29.7 Å². The summed E-state index contributed by atoms with van der Waals surface area (Å²) in [4.78, 5) is 15.7. The van der Waals surface area contributed by atoms with Gasteiger partial charge in [-0.2, -0.15) is 13.2 Å². The summed E-state index contributed by atoms with van der Waals surface area (Å²) >= 11 is 1.54. The van der Waals surface area contributed by atoms with Crippen molar-refractivity contribution in [3.63, 3.8) is 0 Å². The molecule has 0 spiro atoms. The highest BCUT2D eigenvalue weighted by atomic mass is 32.2. The van der Waals surface area contributed by atoms with E-state index in [0.717, 1.165) is 33.5 Å². The van der Waals surface area contributed by atoms with Crippen LogP contribution in [0, 0.1) is 5.92 Å². The summed E-state index contributed by atoms with van der Waals surface area (Å²) < 4.78 is 43.5. The van der Waals surface area contributed by atoms with Gasteiger partial charge >= 0.3 is 6.18 Å². The van der Waals surface area contributed by atoms with E-state index in [9.17, 15) is 23.4 Å². The van der Waals surface area contributed by atoms with Crippen molar-refractivity contribution < 1.29 is 23.4 Å².